The van der Waals surface area contributed by atoms with Gasteiger partial charge < -0.3 is 18.9 Å². The van der Waals surface area contributed by atoms with Gasteiger partial charge in [-0.25, -0.2) is 9.79 Å². The van der Waals surface area contributed by atoms with Crippen LogP contribution in [0.4, 0.5) is 5.69 Å². The number of methoxy groups -OCH3 is 2. The number of hydrogen-bond acceptors (Lipinski definition) is 10. The Morgan fingerprint density at radius 2 is 1.81 bits per heavy atom. The van der Waals surface area contributed by atoms with E-state index in [9.17, 15) is 19.7 Å². The summed E-state index contributed by atoms with van der Waals surface area (Å²) >= 11 is 7.46. The zero-order valence-electron chi connectivity index (χ0n) is 26.2. The summed E-state index contributed by atoms with van der Waals surface area (Å²) in [6, 6.07) is 16.1. The van der Waals surface area contributed by atoms with Crippen LogP contribution < -0.4 is 29.1 Å². The van der Waals surface area contributed by atoms with Crippen molar-refractivity contribution in [1.82, 2.24) is 4.57 Å². The number of carbonyl (C=O) groups excluding carboxylic acids is 1. The molecule has 3 aromatic carbocycles. The van der Waals surface area contributed by atoms with E-state index in [4.69, 9.17) is 35.5 Å². The number of thiazole rings is 1. The van der Waals surface area contributed by atoms with Crippen molar-refractivity contribution in [3.8, 4) is 17.2 Å². The number of benzene rings is 3. The second-order valence-corrected chi connectivity index (χ2v) is 11.8. The lowest BCUT2D eigenvalue weighted by atomic mass is 9.93. The van der Waals surface area contributed by atoms with Gasteiger partial charge in [-0.05, 0) is 49.2 Å². The van der Waals surface area contributed by atoms with E-state index in [1.165, 1.54) is 37.0 Å². The Morgan fingerprint density at radius 1 is 1.06 bits per heavy atom. The Hall–Kier alpha value is -4.94. The molecule has 0 saturated heterocycles. The zero-order chi connectivity index (χ0) is 33.7. The average Bonchev–Trinajstić information content (AvgIpc) is 3.37. The number of ether oxygens (including phenoxy) is 4. The fraction of sp³-hybridized carbons (Fsp3) is 0.265. The number of aromatic nitrogens is 1. The monoisotopic (exact) mass is 677 g/mol. The number of esters is 1. The smallest absolute Gasteiger partial charge is 0.338 e. The van der Waals surface area contributed by atoms with E-state index in [0.717, 1.165) is 16.9 Å². The Bertz CT molecular complexity index is 2040. The minimum absolute atomic E-state index is 0.113. The van der Waals surface area contributed by atoms with Crippen LogP contribution in [0.5, 0.6) is 17.2 Å². The number of nitro groups is 1. The third kappa shape index (κ3) is 6.93. The molecule has 0 unspecified atom stereocenters. The van der Waals surface area contributed by atoms with Crippen LogP contribution in [0, 0.1) is 10.1 Å². The highest BCUT2D eigenvalue weighted by atomic mass is 35.5. The van der Waals surface area contributed by atoms with Gasteiger partial charge in [0.15, 0.2) is 16.3 Å². The summed E-state index contributed by atoms with van der Waals surface area (Å²) in [7, 11) is 2.91. The van der Waals surface area contributed by atoms with Crippen LogP contribution in [-0.2, 0) is 16.1 Å². The van der Waals surface area contributed by atoms with Crippen molar-refractivity contribution in [3.05, 3.63) is 123 Å². The molecule has 0 aliphatic carbocycles. The summed E-state index contributed by atoms with van der Waals surface area (Å²) in [6.07, 6.45) is 2.53. The molecule has 13 heteroatoms. The zero-order valence-corrected chi connectivity index (χ0v) is 27.7. The van der Waals surface area contributed by atoms with Gasteiger partial charge in [0, 0.05) is 10.6 Å². The summed E-state index contributed by atoms with van der Waals surface area (Å²) in [5.74, 6) is 0.215. The van der Waals surface area contributed by atoms with Crippen LogP contribution in [0.2, 0.25) is 5.02 Å². The molecule has 1 aromatic heterocycles. The molecule has 0 radical (unpaired) electrons. The van der Waals surface area contributed by atoms with E-state index in [1.807, 2.05) is 37.3 Å². The number of allylic oxidation sites excluding steroid dienone is 1. The summed E-state index contributed by atoms with van der Waals surface area (Å²) in [5.41, 5.74) is 1.32. The molecule has 5 rings (SSSR count). The second kappa shape index (κ2) is 14.7. The Kier molecular flexibility index (Phi) is 10.4. The van der Waals surface area contributed by atoms with Crippen LogP contribution in [0.15, 0.2) is 81.7 Å². The van der Waals surface area contributed by atoms with Crippen molar-refractivity contribution in [2.45, 2.75) is 39.3 Å². The molecule has 1 aliphatic rings. The van der Waals surface area contributed by atoms with Crippen molar-refractivity contribution >= 4 is 40.7 Å². The van der Waals surface area contributed by atoms with Crippen molar-refractivity contribution in [2.75, 3.05) is 20.8 Å². The van der Waals surface area contributed by atoms with Crippen LogP contribution in [0.3, 0.4) is 0 Å². The first-order chi connectivity index (χ1) is 22.7. The summed E-state index contributed by atoms with van der Waals surface area (Å²) in [5, 5.41) is 12.6. The number of nitrogens with zero attached hydrogens (tertiary/aromatic N) is 3. The van der Waals surface area contributed by atoms with Gasteiger partial charge in [-0.1, -0.05) is 66.6 Å². The third-order valence-electron chi connectivity index (χ3n) is 7.41. The molecular weight excluding hydrogens is 646 g/mol. The summed E-state index contributed by atoms with van der Waals surface area (Å²) in [6.45, 7) is 3.93. The molecule has 1 atom stereocenters. The lowest BCUT2D eigenvalue weighted by molar-refractivity contribution is -0.385. The molecule has 4 aromatic rings. The maximum absolute atomic E-state index is 14.2. The predicted octanol–water partition coefficient (Wildman–Crippen LogP) is 5.74. The number of fused-ring (bicyclic) bond motifs is 1. The quantitative estimate of drug-likeness (QED) is 0.105. The largest absolute Gasteiger partial charge is 0.496 e. The van der Waals surface area contributed by atoms with E-state index >= 15 is 0 Å². The fourth-order valence-corrected chi connectivity index (χ4v) is 6.51. The van der Waals surface area contributed by atoms with E-state index in [-0.39, 0.29) is 46.1 Å². The standard InChI is InChI=1S/C34H32ClN3O8S/c1-5-10-24-30(33(40)45-6-2)31(23-17-22(35)13-14-26(23)43-3)37-32(39)29(47-34(37)36-24)16-21-15-27(44-4)28(18-25(21)38(41)42)46-19-20-11-8-7-9-12-20/h7-9,11-18,31H,5-6,10,19H2,1-4H3/b29-16+/t31-/m1/s1. The Balaban J connectivity index is 1.71. The first kappa shape index (κ1) is 33.4. The van der Waals surface area contributed by atoms with Crippen LogP contribution in [0.25, 0.3) is 6.08 Å². The van der Waals surface area contributed by atoms with Crippen LogP contribution in [-0.4, -0.2) is 36.3 Å². The number of rotatable bonds is 12. The van der Waals surface area contributed by atoms with Crippen molar-refractivity contribution < 1.29 is 28.7 Å². The van der Waals surface area contributed by atoms with E-state index in [2.05, 4.69) is 0 Å². The summed E-state index contributed by atoms with van der Waals surface area (Å²) in [4.78, 5) is 44.5. The highest BCUT2D eigenvalue weighted by Crippen LogP contribution is 2.39. The second-order valence-electron chi connectivity index (χ2n) is 10.4. The minimum Gasteiger partial charge on any atom is -0.496 e. The maximum atomic E-state index is 14.2. The first-order valence-electron chi connectivity index (χ1n) is 14.8. The number of carbonyl (C=O) groups is 1. The average molecular weight is 678 g/mol. The first-order valence-corrected chi connectivity index (χ1v) is 16.0. The molecule has 0 fully saturated rings. The molecule has 47 heavy (non-hydrogen) atoms. The van der Waals surface area contributed by atoms with Gasteiger partial charge in [-0.3, -0.25) is 19.5 Å². The van der Waals surface area contributed by atoms with E-state index in [0.29, 0.717) is 39.7 Å². The van der Waals surface area contributed by atoms with Gasteiger partial charge in [0.05, 0.1) is 53.2 Å². The molecule has 0 spiro atoms. The SMILES string of the molecule is CCCC1=C(C(=O)OCC)[C@@H](c2cc(Cl)ccc2OC)n2c(s/c(=C/c3cc(OC)c(OCc4ccccc4)cc3[N+](=O)[O-])c2=O)=N1. The number of halogens is 1. The van der Waals surface area contributed by atoms with Crippen LogP contribution in [0.1, 0.15) is 49.4 Å². The number of nitro benzene ring substituents is 1. The van der Waals surface area contributed by atoms with Gasteiger partial charge in [-0.15, -0.1) is 0 Å². The Morgan fingerprint density at radius 3 is 2.47 bits per heavy atom. The molecule has 2 heterocycles. The molecule has 0 N–H and O–H groups in total. The fourth-order valence-electron chi connectivity index (χ4n) is 5.32. The van der Waals surface area contributed by atoms with Crippen molar-refractivity contribution in [3.63, 3.8) is 0 Å². The lowest BCUT2D eigenvalue weighted by Gasteiger charge is -2.27. The predicted molar refractivity (Wildman–Crippen MR) is 178 cm³/mol. The van der Waals surface area contributed by atoms with Crippen molar-refractivity contribution in [2.24, 2.45) is 4.99 Å². The molecular formula is C34H32ClN3O8S. The van der Waals surface area contributed by atoms with Crippen molar-refractivity contribution in [1.29, 1.82) is 0 Å². The van der Waals surface area contributed by atoms with Gasteiger partial charge in [0.25, 0.3) is 11.2 Å². The van der Waals surface area contributed by atoms with Gasteiger partial charge in [0.2, 0.25) is 0 Å². The van der Waals surface area contributed by atoms with Gasteiger partial charge in [-0.2, -0.15) is 0 Å². The van der Waals surface area contributed by atoms with Gasteiger partial charge >= 0.3 is 5.97 Å². The van der Waals surface area contributed by atoms with E-state index < -0.39 is 22.5 Å². The third-order valence-corrected chi connectivity index (χ3v) is 8.63. The van der Waals surface area contributed by atoms with Crippen LogP contribution >= 0.6 is 22.9 Å². The topological polar surface area (TPSA) is 131 Å². The molecule has 11 nitrogen and oxygen atoms in total. The highest BCUT2D eigenvalue weighted by Gasteiger charge is 2.36. The minimum atomic E-state index is -0.985. The van der Waals surface area contributed by atoms with Gasteiger partial charge in [0.1, 0.15) is 18.4 Å². The normalized spacial score (nSPS) is 14.3. The Labute approximate surface area is 279 Å². The molecule has 0 saturated carbocycles. The number of hydrogen-bond donors (Lipinski definition) is 0. The maximum Gasteiger partial charge on any atom is 0.338 e. The summed E-state index contributed by atoms with van der Waals surface area (Å²) < 4.78 is 24.0. The molecule has 0 bridgehead atoms. The van der Waals surface area contributed by atoms with E-state index in [1.54, 1.807) is 25.1 Å². The molecule has 1 aliphatic heterocycles. The lowest BCUT2D eigenvalue weighted by Crippen LogP contribution is -2.40. The highest BCUT2D eigenvalue weighted by molar-refractivity contribution is 7.07. The molecule has 0 amide bonds. The molecule has 244 valence electrons.